The van der Waals surface area contributed by atoms with Gasteiger partial charge in [0.05, 0.1) is 55.7 Å². The Kier molecular flexibility index (Phi) is 7.81. The lowest BCUT2D eigenvalue weighted by atomic mass is 9.94. The molecule has 232 valence electrons. The number of rotatable bonds is 6. The van der Waals surface area contributed by atoms with Crippen LogP contribution in [0, 0.1) is 11.3 Å². The summed E-state index contributed by atoms with van der Waals surface area (Å²) in [5, 5.41) is 9.61. The number of nitriles is 1. The molecule has 0 spiro atoms. The topological polar surface area (TPSA) is 94.4 Å². The standard InChI is InChI=1S/C33H39FN6O4/c1-21(34)33(41)40-16-25-19-43-31-30(39(25)15-23(40)8-11-35)26-9-13-38(29-7-3-5-22-10-14-42-20-27(22)29)17-28(26)36-32(31)44-18-24-6-4-12-37(24)2/h3,5,7,23-25H,1,4,6,8-10,12-20H2,2H3/t23-,24-,25?/m0/s1. The summed E-state index contributed by atoms with van der Waals surface area (Å²) in [7, 11) is 2.13. The number of aromatic nitrogens is 1. The number of piperazine rings is 1. The number of nitrogens with zero attached hydrogens (tertiary/aromatic N) is 6. The van der Waals surface area contributed by atoms with Crippen molar-refractivity contribution in [3.8, 4) is 17.7 Å². The van der Waals surface area contributed by atoms with Crippen LogP contribution >= 0.6 is 0 Å². The number of halogens is 1. The van der Waals surface area contributed by atoms with Crippen LogP contribution in [0.4, 0.5) is 15.8 Å². The summed E-state index contributed by atoms with van der Waals surface area (Å²) in [5.74, 6) is -0.653. The number of benzene rings is 1. The summed E-state index contributed by atoms with van der Waals surface area (Å²) in [6.07, 6.45) is 3.98. The summed E-state index contributed by atoms with van der Waals surface area (Å²) < 4.78 is 32.7. The van der Waals surface area contributed by atoms with Crippen LogP contribution in [-0.4, -0.2) is 91.9 Å². The van der Waals surface area contributed by atoms with Crippen LogP contribution in [0.5, 0.6) is 11.6 Å². The number of likely N-dealkylation sites (N-methyl/N-ethyl adjacent to an activating group) is 1. The first kappa shape index (κ1) is 28.9. The number of carbonyl (C=O) groups is 1. The van der Waals surface area contributed by atoms with Crippen LogP contribution in [0.3, 0.4) is 0 Å². The Balaban J connectivity index is 1.26. The minimum absolute atomic E-state index is 0.0953. The minimum Gasteiger partial charge on any atom is -0.484 e. The van der Waals surface area contributed by atoms with E-state index in [4.69, 9.17) is 19.2 Å². The molecule has 1 amide bonds. The maximum atomic E-state index is 14.0. The zero-order valence-corrected chi connectivity index (χ0v) is 25.3. The Morgan fingerprint density at radius 2 is 2.11 bits per heavy atom. The molecule has 5 aliphatic rings. The number of fused-ring (bicyclic) bond motifs is 6. The second kappa shape index (κ2) is 11.9. The highest BCUT2D eigenvalue weighted by atomic mass is 19.1. The van der Waals surface area contributed by atoms with Crippen LogP contribution in [-0.2, 0) is 35.5 Å². The van der Waals surface area contributed by atoms with Crippen molar-refractivity contribution in [1.29, 1.82) is 5.26 Å². The van der Waals surface area contributed by atoms with Gasteiger partial charge in [-0.1, -0.05) is 18.7 Å². The Hall–Kier alpha value is -3.88. The van der Waals surface area contributed by atoms with E-state index in [1.165, 1.54) is 21.7 Å². The van der Waals surface area contributed by atoms with Gasteiger partial charge < -0.3 is 33.8 Å². The van der Waals surface area contributed by atoms with Gasteiger partial charge in [0.2, 0.25) is 5.75 Å². The second-order valence-corrected chi connectivity index (χ2v) is 12.5. The number of carbonyl (C=O) groups excluding carboxylic acids is 1. The van der Waals surface area contributed by atoms with Crippen molar-refractivity contribution >= 4 is 17.3 Å². The highest BCUT2D eigenvalue weighted by Gasteiger charge is 2.44. The Bertz CT molecular complexity index is 1510. The molecular weight excluding hydrogens is 563 g/mol. The SMILES string of the molecule is C=C(F)C(=O)N1CC2COc3c(OC[C@@H]4CCCN4C)nc4c(c3N2C[C@@H]1CC#N)CCN(c1cccc2c1COCC2)C4. The average molecular weight is 603 g/mol. The molecule has 6 heterocycles. The third kappa shape index (κ3) is 5.14. The van der Waals surface area contributed by atoms with Gasteiger partial charge in [0, 0.05) is 42.5 Å². The van der Waals surface area contributed by atoms with E-state index in [9.17, 15) is 14.4 Å². The number of pyridine rings is 1. The second-order valence-electron chi connectivity index (χ2n) is 12.5. The summed E-state index contributed by atoms with van der Waals surface area (Å²) in [4.78, 5) is 26.3. The normalized spacial score (nSPS) is 24.4. The Morgan fingerprint density at radius 1 is 1.23 bits per heavy atom. The molecule has 0 N–H and O–H groups in total. The molecule has 10 nitrogen and oxygen atoms in total. The average Bonchev–Trinajstić information content (AvgIpc) is 3.46. The number of ether oxygens (including phenoxy) is 3. The molecule has 44 heavy (non-hydrogen) atoms. The van der Waals surface area contributed by atoms with E-state index in [0.717, 1.165) is 62.3 Å². The van der Waals surface area contributed by atoms with Crippen LogP contribution < -0.4 is 19.3 Å². The van der Waals surface area contributed by atoms with E-state index >= 15 is 0 Å². The number of likely N-dealkylation sites (tertiary alicyclic amines) is 1. The van der Waals surface area contributed by atoms with Gasteiger partial charge in [0.1, 0.15) is 13.2 Å². The van der Waals surface area contributed by atoms with Gasteiger partial charge in [-0.05, 0) is 50.9 Å². The first-order valence-electron chi connectivity index (χ1n) is 15.7. The molecule has 7 rings (SSSR count). The molecule has 1 aromatic carbocycles. The van der Waals surface area contributed by atoms with Crippen LogP contribution in [0.15, 0.2) is 30.6 Å². The lowest BCUT2D eigenvalue weighted by molar-refractivity contribution is -0.132. The third-order valence-electron chi connectivity index (χ3n) is 9.91. The highest BCUT2D eigenvalue weighted by molar-refractivity contribution is 5.91. The smallest absolute Gasteiger partial charge is 0.282 e. The molecule has 5 aliphatic heterocycles. The molecule has 0 bridgehead atoms. The van der Waals surface area contributed by atoms with Crippen molar-refractivity contribution in [1.82, 2.24) is 14.8 Å². The Labute approximate surface area is 257 Å². The summed E-state index contributed by atoms with van der Waals surface area (Å²) in [5.41, 5.74) is 6.76. The van der Waals surface area contributed by atoms with E-state index < -0.39 is 17.8 Å². The van der Waals surface area contributed by atoms with Crippen molar-refractivity contribution in [3.05, 3.63) is 53.0 Å². The minimum atomic E-state index is -1.01. The van der Waals surface area contributed by atoms with Crippen LogP contribution in [0.25, 0.3) is 0 Å². The summed E-state index contributed by atoms with van der Waals surface area (Å²) in [6, 6.07) is 8.33. The number of anilines is 2. The molecule has 1 aromatic heterocycles. The summed E-state index contributed by atoms with van der Waals surface area (Å²) in [6.45, 7) is 8.51. The molecule has 11 heteroatoms. The van der Waals surface area contributed by atoms with Crippen molar-refractivity contribution in [2.24, 2.45) is 0 Å². The molecule has 0 saturated carbocycles. The van der Waals surface area contributed by atoms with E-state index in [1.54, 1.807) is 0 Å². The maximum absolute atomic E-state index is 14.0. The first-order valence-corrected chi connectivity index (χ1v) is 15.7. The predicted molar refractivity (Wildman–Crippen MR) is 163 cm³/mol. The van der Waals surface area contributed by atoms with Gasteiger partial charge in [-0.3, -0.25) is 4.79 Å². The fraction of sp³-hybridized carbons (Fsp3) is 0.545. The number of hydrogen-bond acceptors (Lipinski definition) is 9. The molecule has 2 fully saturated rings. The number of amides is 1. The lowest BCUT2D eigenvalue weighted by Gasteiger charge is -2.50. The van der Waals surface area contributed by atoms with E-state index in [0.29, 0.717) is 50.6 Å². The van der Waals surface area contributed by atoms with Gasteiger partial charge in [0.25, 0.3) is 11.8 Å². The van der Waals surface area contributed by atoms with E-state index in [1.807, 2.05) is 0 Å². The lowest BCUT2D eigenvalue weighted by Crippen LogP contribution is -2.63. The number of hydrogen-bond donors (Lipinski definition) is 0. The summed E-state index contributed by atoms with van der Waals surface area (Å²) >= 11 is 0. The fourth-order valence-electron chi connectivity index (χ4n) is 7.52. The van der Waals surface area contributed by atoms with Gasteiger partial charge in [-0.15, -0.1) is 0 Å². The molecule has 2 aromatic rings. The molecule has 3 atom stereocenters. The van der Waals surface area contributed by atoms with Gasteiger partial charge in [0.15, 0.2) is 5.83 Å². The zero-order valence-electron chi connectivity index (χ0n) is 25.3. The monoisotopic (exact) mass is 602 g/mol. The predicted octanol–water partition coefficient (Wildman–Crippen LogP) is 3.37. The van der Waals surface area contributed by atoms with Gasteiger partial charge in [-0.25, -0.2) is 9.37 Å². The van der Waals surface area contributed by atoms with Crippen molar-refractivity contribution < 1.29 is 23.4 Å². The molecule has 0 radical (unpaired) electrons. The van der Waals surface area contributed by atoms with Crippen molar-refractivity contribution in [2.45, 2.75) is 63.4 Å². The Morgan fingerprint density at radius 3 is 2.91 bits per heavy atom. The van der Waals surface area contributed by atoms with E-state index in [2.05, 4.69) is 52.6 Å². The molecule has 2 saturated heterocycles. The van der Waals surface area contributed by atoms with Gasteiger partial charge >= 0.3 is 0 Å². The van der Waals surface area contributed by atoms with Gasteiger partial charge in [-0.2, -0.15) is 5.26 Å². The molecule has 0 aliphatic carbocycles. The van der Waals surface area contributed by atoms with E-state index in [-0.39, 0.29) is 19.0 Å². The fourth-order valence-corrected chi connectivity index (χ4v) is 7.52. The quantitative estimate of drug-likeness (QED) is 0.462. The van der Waals surface area contributed by atoms with Crippen molar-refractivity contribution in [3.63, 3.8) is 0 Å². The van der Waals surface area contributed by atoms with Crippen molar-refractivity contribution in [2.75, 3.05) is 62.8 Å². The maximum Gasteiger partial charge on any atom is 0.282 e. The van der Waals surface area contributed by atoms with Crippen LogP contribution in [0.2, 0.25) is 0 Å². The van der Waals surface area contributed by atoms with Crippen LogP contribution in [0.1, 0.15) is 41.6 Å². The first-order chi connectivity index (χ1) is 21.4. The largest absolute Gasteiger partial charge is 0.484 e. The molecular formula is C33H39FN6O4. The zero-order chi connectivity index (χ0) is 30.4. The third-order valence-corrected chi connectivity index (χ3v) is 9.91. The highest BCUT2D eigenvalue weighted by Crippen LogP contribution is 2.47. The molecule has 1 unspecified atom stereocenters.